The Bertz CT molecular complexity index is 420. The summed E-state index contributed by atoms with van der Waals surface area (Å²) in [5, 5.41) is 2.83. The molecule has 1 unspecified atom stereocenters. The van der Waals surface area contributed by atoms with Crippen LogP contribution in [0.25, 0.3) is 0 Å². The molecule has 1 atom stereocenters. The van der Waals surface area contributed by atoms with Gasteiger partial charge in [0.15, 0.2) is 6.10 Å². The summed E-state index contributed by atoms with van der Waals surface area (Å²) in [6.07, 6.45) is -0.493. The first-order valence-electron chi connectivity index (χ1n) is 6.05. The number of benzene rings is 1. The standard InChI is InChI=1S/C14H20BrNO2/c1-8(2)16-14(17)11(5)18-12-6-9(3)13(15)10(4)7-12/h6-8,11H,1-5H3,(H,16,17). The van der Waals surface area contributed by atoms with E-state index in [1.807, 2.05) is 39.8 Å². The first-order valence-corrected chi connectivity index (χ1v) is 6.84. The van der Waals surface area contributed by atoms with E-state index < -0.39 is 6.10 Å². The highest BCUT2D eigenvalue weighted by Gasteiger charge is 2.16. The van der Waals surface area contributed by atoms with Gasteiger partial charge >= 0.3 is 0 Å². The van der Waals surface area contributed by atoms with E-state index in [2.05, 4.69) is 21.2 Å². The van der Waals surface area contributed by atoms with Crippen molar-refractivity contribution in [1.82, 2.24) is 5.32 Å². The van der Waals surface area contributed by atoms with Gasteiger partial charge in [0, 0.05) is 10.5 Å². The zero-order valence-corrected chi connectivity index (χ0v) is 13.1. The molecule has 18 heavy (non-hydrogen) atoms. The van der Waals surface area contributed by atoms with Crippen LogP contribution in [0.4, 0.5) is 0 Å². The normalized spacial score (nSPS) is 12.4. The summed E-state index contributed by atoms with van der Waals surface area (Å²) in [6, 6.07) is 3.98. The number of rotatable bonds is 4. The van der Waals surface area contributed by atoms with Crippen LogP contribution in [0, 0.1) is 13.8 Å². The van der Waals surface area contributed by atoms with Crippen LogP contribution in [0.2, 0.25) is 0 Å². The highest BCUT2D eigenvalue weighted by molar-refractivity contribution is 9.10. The van der Waals surface area contributed by atoms with Crippen molar-refractivity contribution in [3.63, 3.8) is 0 Å². The summed E-state index contributed by atoms with van der Waals surface area (Å²) in [6.45, 7) is 9.62. The van der Waals surface area contributed by atoms with Crippen molar-refractivity contribution in [2.24, 2.45) is 0 Å². The Morgan fingerprint density at radius 3 is 2.17 bits per heavy atom. The van der Waals surface area contributed by atoms with Gasteiger partial charge in [0.05, 0.1) is 0 Å². The lowest BCUT2D eigenvalue weighted by Gasteiger charge is -2.17. The quantitative estimate of drug-likeness (QED) is 0.925. The van der Waals surface area contributed by atoms with Crippen LogP contribution in [-0.4, -0.2) is 18.1 Å². The number of nitrogens with one attached hydrogen (secondary N) is 1. The Morgan fingerprint density at radius 2 is 1.72 bits per heavy atom. The fraction of sp³-hybridized carbons (Fsp3) is 0.500. The van der Waals surface area contributed by atoms with Crippen molar-refractivity contribution in [1.29, 1.82) is 0 Å². The lowest BCUT2D eigenvalue weighted by atomic mass is 10.1. The molecule has 0 saturated heterocycles. The number of aryl methyl sites for hydroxylation is 2. The maximum absolute atomic E-state index is 11.7. The first-order chi connectivity index (χ1) is 8.31. The SMILES string of the molecule is Cc1cc(OC(C)C(=O)NC(C)C)cc(C)c1Br. The van der Waals surface area contributed by atoms with Crippen molar-refractivity contribution in [2.75, 3.05) is 0 Å². The Morgan fingerprint density at radius 1 is 1.22 bits per heavy atom. The van der Waals surface area contributed by atoms with Crippen LogP contribution < -0.4 is 10.1 Å². The van der Waals surface area contributed by atoms with E-state index in [1.165, 1.54) is 0 Å². The van der Waals surface area contributed by atoms with Crippen LogP contribution in [0.1, 0.15) is 31.9 Å². The third-order valence-electron chi connectivity index (χ3n) is 2.52. The number of ether oxygens (including phenoxy) is 1. The summed E-state index contributed by atoms with van der Waals surface area (Å²) in [4.78, 5) is 11.7. The van der Waals surface area contributed by atoms with Crippen molar-refractivity contribution >= 4 is 21.8 Å². The van der Waals surface area contributed by atoms with Gasteiger partial charge in [-0.3, -0.25) is 4.79 Å². The van der Waals surface area contributed by atoms with Crippen molar-refractivity contribution in [3.05, 3.63) is 27.7 Å². The van der Waals surface area contributed by atoms with Crippen LogP contribution in [0.3, 0.4) is 0 Å². The number of halogens is 1. The molecule has 0 saturated carbocycles. The van der Waals surface area contributed by atoms with Gasteiger partial charge in [0.1, 0.15) is 5.75 Å². The molecular weight excluding hydrogens is 294 g/mol. The second-order valence-electron chi connectivity index (χ2n) is 4.79. The molecule has 100 valence electrons. The molecule has 0 aliphatic rings. The molecule has 4 heteroatoms. The topological polar surface area (TPSA) is 38.3 Å². The van der Waals surface area contributed by atoms with Crippen molar-refractivity contribution < 1.29 is 9.53 Å². The summed E-state index contributed by atoms with van der Waals surface area (Å²) in [5.74, 6) is 0.628. The highest BCUT2D eigenvalue weighted by atomic mass is 79.9. The molecule has 0 fully saturated rings. The zero-order chi connectivity index (χ0) is 13.9. The van der Waals surface area contributed by atoms with Gasteiger partial charge in [-0.2, -0.15) is 0 Å². The summed E-state index contributed by atoms with van der Waals surface area (Å²) in [7, 11) is 0. The van der Waals surface area contributed by atoms with Crippen molar-refractivity contribution in [3.8, 4) is 5.75 Å². The summed E-state index contributed by atoms with van der Waals surface area (Å²) >= 11 is 3.51. The molecule has 1 aromatic carbocycles. The van der Waals surface area contributed by atoms with E-state index in [9.17, 15) is 4.79 Å². The summed E-state index contributed by atoms with van der Waals surface area (Å²) < 4.78 is 6.74. The number of hydrogen-bond acceptors (Lipinski definition) is 2. The van der Waals surface area contributed by atoms with E-state index in [0.717, 1.165) is 21.3 Å². The average molecular weight is 314 g/mol. The number of hydrogen-bond donors (Lipinski definition) is 1. The molecule has 0 bridgehead atoms. The maximum Gasteiger partial charge on any atom is 0.260 e. The Balaban J connectivity index is 2.76. The largest absolute Gasteiger partial charge is 0.481 e. The Kier molecular flexibility index (Phi) is 5.20. The molecule has 3 nitrogen and oxygen atoms in total. The summed E-state index contributed by atoms with van der Waals surface area (Å²) in [5.41, 5.74) is 2.20. The molecular formula is C14H20BrNO2. The zero-order valence-electron chi connectivity index (χ0n) is 11.5. The van der Waals surface area contributed by atoms with Crippen LogP contribution >= 0.6 is 15.9 Å². The molecule has 0 aliphatic carbocycles. The Labute approximate surface area is 117 Å². The second-order valence-corrected chi connectivity index (χ2v) is 5.59. The molecule has 1 aromatic rings. The van der Waals surface area contributed by atoms with Gasteiger partial charge in [-0.1, -0.05) is 15.9 Å². The molecule has 0 heterocycles. The number of carbonyl (C=O) groups is 1. The van der Waals surface area contributed by atoms with E-state index >= 15 is 0 Å². The third-order valence-corrected chi connectivity index (χ3v) is 3.77. The number of amides is 1. The Hall–Kier alpha value is -1.03. The second kappa shape index (κ2) is 6.23. The van der Waals surface area contributed by atoms with E-state index in [-0.39, 0.29) is 11.9 Å². The van der Waals surface area contributed by atoms with Crippen LogP contribution in [0.15, 0.2) is 16.6 Å². The first kappa shape index (κ1) is 15.0. The maximum atomic E-state index is 11.7. The van der Waals surface area contributed by atoms with Gasteiger partial charge in [-0.05, 0) is 57.9 Å². The van der Waals surface area contributed by atoms with Gasteiger partial charge < -0.3 is 10.1 Å². The third kappa shape index (κ3) is 4.02. The molecule has 0 aromatic heterocycles. The monoisotopic (exact) mass is 313 g/mol. The fourth-order valence-electron chi connectivity index (χ4n) is 1.63. The molecule has 1 rings (SSSR count). The van der Waals surface area contributed by atoms with Gasteiger partial charge in [0.2, 0.25) is 0 Å². The smallest absolute Gasteiger partial charge is 0.260 e. The lowest BCUT2D eigenvalue weighted by molar-refractivity contribution is -0.127. The van der Waals surface area contributed by atoms with E-state index in [4.69, 9.17) is 4.74 Å². The lowest BCUT2D eigenvalue weighted by Crippen LogP contribution is -2.40. The van der Waals surface area contributed by atoms with E-state index in [0.29, 0.717) is 0 Å². The molecule has 0 aliphatic heterocycles. The molecule has 1 N–H and O–H groups in total. The number of carbonyl (C=O) groups excluding carboxylic acids is 1. The fourth-order valence-corrected chi connectivity index (χ4v) is 1.86. The molecule has 0 radical (unpaired) electrons. The predicted molar refractivity (Wildman–Crippen MR) is 77.0 cm³/mol. The van der Waals surface area contributed by atoms with Crippen LogP contribution in [0.5, 0.6) is 5.75 Å². The minimum Gasteiger partial charge on any atom is -0.481 e. The van der Waals surface area contributed by atoms with Crippen molar-refractivity contribution in [2.45, 2.75) is 46.8 Å². The van der Waals surface area contributed by atoms with Gasteiger partial charge in [-0.25, -0.2) is 0 Å². The van der Waals surface area contributed by atoms with E-state index in [1.54, 1.807) is 6.92 Å². The minimum atomic E-state index is -0.493. The molecule has 1 amide bonds. The van der Waals surface area contributed by atoms with Gasteiger partial charge in [0.25, 0.3) is 5.91 Å². The predicted octanol–water partition coefficient (Wildman–Crippen LogP) is 3.36. The highest BCUT2D eigenvalue weighted by Crippen LogP contribution is 2.26. The molecule has 0 spiro atoms. The minimum absolute atomic E-state index is 0.0942. The average Bonchev–Trinajstić information content (AvgIpc) is 2.24. The van der Waals surface area contributed by atoms with Gasteiger partial charge in [-0.15, -0.1) is 0 Å². The van der Waals surface area contributed by atoms with Crippen LogP contribution in [-0.2, 0) is 4.79 Å².